The summed E-state index contributed by atoms with van der Waals surface area (Å²) in [6.45, 7) is 1.03. The molecule has 3 N–H and O–H groups in total. The normalized spacial score (nSPS) is 15.4. The number of rotatable bonds is 7. The van der Waals surface area contributed by atoms with E-state index < -0.39 is 30.8 Å². The average Bonchev–Trinajstić information content (AvgIpc) is 2.90. The zero-order chi connectivity index (χ0) is 28.7. The number of nitrogens with one attached hydrogen (secondary N) is 1. The number of sulfonamides is 2. The highest BCUT2D eigenvalue weighted by Gasteiger charge is 2.25. The number of benzene rings is 2. The first-order valence-corrected chi connectivity index (χ1v) is 15.8. The lowest BCUT2D eigenvalue weighted by Gasteiger charge is -2.30. The van der Waals surface area contributed by atoms with Gasteiger partial charge in [-0.3, -0.25) is 9.36 Å². The van der Waals surface area contributed by atoms with Crippen molar-refractivity contribution in [1.29, 1.82) is 0 Å². The first kappa shape index (κ1) is 27.8. The van der Waals surface area contributed by atoms with Crippen molar-refractivity contribution in [1.82, 2.24) is 18.8 Å². The number of nitrogens with two attached hydrogens (primary N) is 1. The van der Waals surface area contributed by atoms with Crippen molar-refractivity contribution >= 4 is 37.0 Å². The Bertz CT molecular complexity index is 1850. The summed E-state index contributed by atoms with van der Waals surface area (Å²) in [5, 5.41) is 9.06. The van der Waals surface area contributed by atoms with Crippen LogP contribution in [0.3, 0.4) is 0 Å². The zero-order valence-electron chi connectivity index (χ0n) is 21.5. The summed E-state index contributed by atoms with van der Waals surface area (Å²) in [7, 11) is -7.44. The lowest BCUT2D eigenvalue weighted by Crippen LogP contribution is -2.42. The van der Waals surface area contributed by atoms with Crippen LogP contribution in [0.25, 0.3) is 22.2 Å². The van der Waals surface area contributed by atoms with E-state index in [9.17, 15) is 26.0 Å². The quantitative estimate of drug-likeness (QED) is 0.333. The second-order valence-electron chi connectivity index (χ2n) is 9.70. The van der Waals surface area contributed by atoms with Crippen molar-refractivity contribution in [3.8, 4) is 11.1 Å². The fourth-order valence-corrected chi connectivity index (χ4v) is 6.20. The molecule has 0 bridgehead atoms. The SMILES string of the molecule is CS(=O)(=O)N1CCC(Nc2ncc3ccc(=O)n(Cc4ccc(-c5ccc(F)c(S(N)(=O)=O)c5)cc4)c3n2)CC1. The van der Waals surface area contributed by atoms with E-state index in [1.807, 2.05) is 0 Å². The van der Waals surface area contributed by atoms with Crippen LogP contribution in [0.2, 0.25) is 0 Å². The third-order valence-corrected chi connectivity index (χ3v) is 9.07. The van der Waals surface area contributed by atoms with Gasteiger partial charge in [0.2, 0.25) is 26.0 Å². The van der Waals surface area contributed by atoms with Gasteiger partial charge in [0.1, 0.15) is 16.4 Å². The van der Waals surface area contributed by atoms with Crippen molar-refractivity contribution in [2.45, 2.75) is 30.3 Å². The van der Waals surface area contributed by atoms with E-state index in [1.54, 1.807) is 36.5 Å². The highest BCUT2D eigenvalue weighted by atomic mass is 32.2. The molecule has 0 atom stereocenters. The topological polar surface area (TPSA) is 157 Å². The minimum absolute atomic E-state index is 0.00638. The van der Waals surface area contributed by atoms with Gasteiger partial charge in [-0.05, 0) is 47.7 Å². The Balaban J connectivity index is 1.37. The number of hydrogen-bond acceptors (Lipinski definition) is 8. The second-order valence-corrected chi connectivity index (χ2v) is 13.2. The van der Waals surface area contributed by atoms with Gasteiger partial charge in [-0.2, -0.15) is 4.98 Å². The fourth-order valence-electron chi connectivity index (χ4n) is 4.69. The average molecular weight is 587 g/mol. The van der Waals surface area contributed by atoms with Gasteiger partial charge in [0.05, 0.1) is 12.8 Å². The van der Waals surface area contributed by atoms with Gasteiger partial charge in [0, 0.05) is 36.8 Å². The van der Waals surface area contributed by atoms with E-state index in [0.717, 1.165) is 11.6 Å². The smallest absolute Gasteiger partial charge is 0.252 e. The molecule has 0 unspecified atom stereocenters. The molecular weight excluding hydrogens is 559 g/mol. The number of anilines is 1. The Morgan fingerprint density at radius 1 is 1.00 bits per heavy atom. The van der Waals surface area contributed by atoms with Crippen LogP contribution in [-0.2, 0) is 26.6 Å². The van der Waals surface area contributed by atoms with Crippen molar-refractivity contribution in [3.05, 3.63) is 82.5 Å². The number of pyridine rings is 1. The molecule has 14 heteroatoms. The molecule has 4 aromatic rings. The Kier molecular flexibility index (Phi) is 7.44. The molecule has 1 aliphatic rings. The Morgan fingerprint density at radius 2 is 1.68 bits per heavy atom. The maximum atomic E-state index is 13.9. The number of primary sulfonamides is 1. The maximum Gasteiger partial charge on any atom is 0.252 e. The molecule has 1 aliphatic heterocycles. The van der Waals surface area contributed by atoms with Crippen LogP contribution >= 0.6 is 0 Å². The summed E-state index contributed by atoms with van der Waals surface area (Å²) in [4.78, 5) is 21.2. The predicted octanol–water partition coefficient (Wildman–Crippen LogP) is 2.13. The van der Waals surface area contributed by atoms with E-state index in [1.165, 1.54) is 33.3 Å². The summed E-state index contributed by atoms with van der Waals surface area (Å²) in [5.41, 5.74) is 2.10. The van der Waals surface area contributed by atoms with E-state index >= 15 is 0 Å². The van der Waals surface area contributed by atoms with E-state index in [4.69, 9.17) is 5.14 Å². The summed E-state index contributed by atoms with van der Waals surface area (Å²) < 4.78 is 63.8. The summed E-state index contributed by atoms with van der Waals surface area (Å²) >= 11 is 0. The predicted molar refractivity (Wildman–Crippen MR) is 149 cm³/mol. The Morgan fingerprint density at radius 3 is 2.33 bits per heavy atom. The molecule has 2 aromatic carbocycles. The molecule has 11 nitrogen and oxygen atoms in total. The minimum atomic E-state index is -4.22. The number of nitrogens with zero attached hydrogens (tertiary/aromatic N) is 4. The number of halogens is 1. The molecule has 1 saturated heterocycles. The van der Waals surface area contributed by atoms with Gasteiger partial charge in [-0.15, -0.1) is 0 Å². The molecule has 0 saturated carbocycles. The molecule has 0 spiro atoms. The zero-order valence-corrected chi connectivity index (χ0v) is 23.1. The first-order valence-electron chi connectivity index (χ1n) is 12.4. The van der Waals surface area contributed by atoms with Crippen LogP contribution in [0.5, 0.6) is 0 Å². The second kappa shape index (κ2) is 10.7. The largest absolute Gasteiger partial charge is 0.351 e. The number of aromatic nitrogens is 3. The molecule has 3 heterocycles. The van der Waals surface area contributed by atoms with Gasteiger partial charge < -0.3 is 5.32 Å². The van der Waals surface area contributed by atoms with Crippen LogP contribution in [0.15, 0.2) is 70.5 Å². The van der Waals surface area contributed by atoms with Crippen molar-refractivity contribution in [2.75, 3.05) is 24.7 Å². The summed E-state index contributed by atoms with van der Waals surface area (Å²) in [6, 6.07) is 13.9. The lowest BCUT2D eigenvalue weighted by molar-refractivity contribution is 0.331. The molecule has 40 heavy (non-hydrogen) atoms. The van der Waals surface area contributed by atoms with Crippen LogP contribution in [-0.4, -0.2) is 61.1 Å². The molecular formula is C26H27FN6O5S2. The highest BCUT2D eigenvalue weighted by Crippen LogP contribution is 2.25. The Hall–Kier alpha value is -3.72. The van der Waals surface area contributed by atoms with Crippen LogP contribution in [0.1, 0.15) is 18.4 Å². The standard InChI is InChI=1S/C26H27FN6O5S2/c1-39(35,36)32-12-10-21(11-13-32)30-26-29-15-20-7-9-24(34)33(25(20)31-26)16-17-2-4-18(5-3-17)19-6-8-22(27)23(14-19)40(28,37)38/h2-9,14-15,21H,10-13,16H2,1H3,(H2,28,37,38)(H,29,30,31). The van der Waals surface area contributed by atoms with E-state index in [0.29, 0.717) is 54.0 Å². The van der Waals surface area contributed by atoms with Crippen LogP contribution in [0, 0.1) is 5.82 Å². The van der Waals surface area contributed by atoms with Gasteiger partial charge in [0.25, 0.3) is 5.56 Å². The van der Waals surface area contributed by atoms with Crippen molar-refractivity contribution in [2.24, 2.45) is 5.14 Å². The van der Waals surface area contributed by atoms with Gasteiger partial charge in [0.15, 0.2) is 0 Å². The molecule has 0 aliphatic carbocycles. The van der Waals surface area contributed by atoms with Gasteiger partial charge in [-0.25, -0.2) is 35.7 Å². The summed E-state index contributed by atoms with van der Waals surface area (Å²) in [5.74, 6) is -0.574. The third kappa shape index (κ3) is 6.04. The molecule has 2 aromatic heterocycles. The molecule has 0 amide bonds. The van der Waals surface area contributed by atoms with E-state index in [-0.39, 0.29) is 18.1 Å². The first-order chi connectivity index (χ1) is 18.9. The molecule has 5 rings (SSSR count). The maximum absolute atomic E-state index is 13.9. The highest BCUT2D eigenvalue weighted by molar-refractivity contribution is 7.89. The number of hydrogen-bond donors (Lipinski definition) is 2. The number of piperidine rings is 1. The van der Waals surface area contributed by atoms with E-state index in [2.05, 4.69) is 15.3 Å². The molecule has 1 fully saturated rings. The van der Waals surface area contributed by atoms with Gasteiger partial charge in [-0.1, -0.05) is 30.3 Å². The van der Waals surface area contributed by atoms with Crippen LogP contribution in [0.4, 0.5) is 10.3 Å². The minimum Gasteiger partial charge on any atom is -0.351 e. The third-order valence-electron chi connectivity index (χ3n) is 6.84. The van der Waals surface area contributed by atoms with Crippen LogP contribution < -0.4 is 16.0 Å². The monoisotopic (exact) mass is 586 g/mol. The lowest BCUT2D eigenvalue weighted by atomic mass is 10.0. The Labute approximate surface area is 230 Å². The molecule has 0 radical (unpaired) electrons. The van der Waals surface area contributed by atoms with Crippen molar-refractivity contribution < 1.29 is 21.2 Å². The summed E-state index contributed by atoms with van der Waals surface area (Å²) in [6.07, 6.45) is 4.05. The van der Waals surface area contributed by atoms with Crippen molar-refractivity contribution in [3.63, 3.8) is 0 Å². The van der Waals surface area contributed by atoms with Gasteiger partial charge >= 0.3 is 0 Å². The molecule has 210 valence electrons. The fraction of sp³-hybridized carbons (Fsp3) is 0.269. The number of fused-ring (bicyclic) bond motifs is 1.